The molecule has 11 nitrogen and oxygen atoms in total. The molecule has 0 saturated heterocycles. The highest BCUT2D eigenvalue weighted by Gasteiger charge is 2.69. The van der Waals surface area contributed by atoms with Gasteiger partial charge in [0.2, 0.25) is 5.91 Å². The van der Waals surface area contributed by atoms with E-state index in [2.05, 4.69) is 18.7 Å². The first kappa shape index (κ1) is 35.0. The number of carbonyl (C=O) groups excluding carboxylic acids is 4. The van der Waals surface area contributed by atoms with Crippen molar-refractivity contribution in [3.05, 3.63) is 22.8 Å². The number of ketones is 3. The zero-order chi connectivity index (χ0) is 33.4. The van der Waals surface area contributed by atoms with Crippen molar-refractivity contribution in [1.29, 1.82) is 0 Å². The summed E-state index contributed by atoms with van der Waals surface area (Å²) in [5.41, 5.74) is 4.88. The van der Waals surface area contributed by atoms with Gasteiger partial charge in [-0.1, -0.05) is 39.5 Å². The maximum atomic E-state index is 14.3. The number of aliphatic hydroxyl groups is 2. The SMILES string of the molecule is CCCCCN(CCCCC)Cc1cc(N(C)C)c2c(c1O)C(=O)C1C(=O)[C@@]3(O)C(=O)C(C(N)=O)C(O)[C@H](N(C)C)[C@H]3C[C@H]1C2. The van der Waals surface area contributed by atoms with Gasteiger partial charge in [0.15, 0.2) is 23.0 Å². The number of primary amides is 1. The fraction of sp³-hybridized carbons (Fsp3) is 0.706. The summed E-state index contributed by atoms with van der Waals surface area (Å²) in [5.74, 6) is -8.86. The summed E-state index contributed by atoms with van der Waals surface area (Å²) in [4.78, 5) is 60.3. The van der Waals surface area contributed by atoms with E-state index in [0.717, 1.165) is 57.3 Å². The lowest BCUT2D eigenvalue weighted by Crippen LogP contribution is -2.75. The van der Waals surface area contributed by atoms with Gasteiger partial charge in [0.05, 0.1) is 17.6 Å². The Morgan fingerprint density at radius 3 is 2.11 bits per heavy atom. The summed E-state index contributed by atoms with van der Waals surface area (Å²) in [6, 6.07) is 1.01. The molecular weight excluding hydrogens is 576 g/mol. The molecule has 1 aromatic carbocycles. The molecule has 3 unspecified atom stereocenters. The van der Waals surface area contributed by atoms with Crippen LogP contribution in [0, 0.1) is 23.7 Å². The van der Waals surface area contributed by atoms with E-state index in [-0.39, 0.29) is 24.2 Å². The van der Waals surface area contributed by atoms with Gasteiger partial charge in [-0.2, -0.15) is 0 Å². The van der Waals surface area contributed by atoms with E-state index in [1.54, 1.807) is 19.0 Å². The number of benzene rings is 1. The van der Waals surface area contributed by atoms with Gasteiger partial charge in [-0.25, -0.2) is 0 Å². The van der Waals surface area contributed by atoms with Crippen molar-refractivity contribution in [2.75, 3.05) is 46.2 Å². The van der Waals surface area contributed by atoms with E-state index in [0.29, 0.717) is 17.7 Å². The zero-order valence-electron chi connectivity index (χ0n) is 27.7. The Morgan fingerprint density at radius 2 is 1.60 bits per heavy atom. The summed E-state index contributed by atoms with van der Waals surface area (Å²) in [7, 11) is 7.02. The molecule has 2 fully saturated rings. The fourth-order valence-electron chi connectivity index (χ4n) is 8.12. The molecular formula is C34H52N4O7. The maximum Gasteiger partial charge on any atom is 0.230 e. The smallest absolute Gasteiger partial charge is 0.230 e. The van der Waals surface area contributed by atoms with Crippen LogP contribution in [0.15, 0.2) is 6.07 Å². The fourth-order valence-corrected chi connectivity index (χ4v) is 8.12. The van der Waals surface area contributed by atoms with E-state index in [1.165, 1.54) is 0 Å². The van der Waals surface area contributed by atoms with Crippen LogP contribution < -0.4 is 10.6 Å². The number of nitrogens with two attached hydrogens (primary N) is 1. The number of anilines is 1. The Hall–Kier alpha value is -2.86. The molecule has 1 amide bonds. The standard InChI is InChI=1S/C34H52N4O7/c1-7-9-11-13-38(14-12-10-8-2)18-20-17-23(36(3)4)21-15-19-16-22-27(37(5)6)30(41)26(33(35)44)32(43)34(22,45)31(42)24(19)29(40)25(21)28(20)39/h17,19,22,24,26-27,30,39,41,45H,7-16,18H2,1-6H3,(H2,35,44)/t19-,22-,24?,26?,27-,30?,34-/m1/s1. The van der Waals surface area contributed by atoms with Gasteiger partial charge in [-0.05, 0) is 70.4 Å². The number of Topliss-reactive ketones (excluding diaryl/α,β-unsaturated/α-hetero) is 3. The second-order valence-corrected chi connectivity index (χ2v) is 13.8. The minimum atomic E-state index is -2.67. The Labute approximate surface area is 266 Å². The lowest BCUT2D eigenvalue weighted by atomic mass is 9.52. The van der Waals surface area contributed by atoms with Crippen LogP contribution in [0.3, 0.4) is 0 Å². The number of nitrogens with zero attached hydrogens (tertiary/aromatic N) is 3. The van der Waals surface area contributed by atoms with Crippen LogP contribution in [0.2, 0.25) is 0 Å². The number of aromatic hydroxyl groups is 1. The van der Waals surface area contributed by atoms with Crippen molar-refractivity contribution in [1.82, 2.24) is 9.80 Å². The van der Waals surface area contributed by atoms with Crippen LogP contribution in [0.1, 0.15) is 80.3 Å². The number of phenols is 1. The Balaban J connectivity index is 1.78. The number of fused-ring (bicyclic) bond motifs is 3. The van der Waals surface area contributed by atoms with E-state index in [1.807, 2.05) is 25.1 Å². The maximum absolute atomic E-state index is 14.3. The first-order valence-corrected chi connectivity index (χ1v) is 16.5. The predicted octanol–water partition coefficient (Wildman–Crippen LogP) is 1.91. The topological polar surface area (TPSA) is 165 Å². The molecule has 4 rings (SSSR count). The van der Waals surface area contributed by atoms with Gasteiger partial charge in [0, 0.05) is 43.9 Å². The number of likely N-dealkylation sites (N-methyl/N-ethyl adjacent to an activating group) is 1. The average molecular weight is 629 g/mol. The van der Waals surface area contributed by atoms with E-state index < -0.39 is 64.7 Å². The first-order chi connectivity index (χ1) is 21.2. The molecule has 45 heavy (non-hydrogen) atoms. The normalized spacial score (nSPS) is 29.5. The predicted molar refractivity (Wildman–Crippen MR) is 171 cm³/mol. The van der Waals surface area contributed by atoms with Gasteiger partial charge in [0.25, 0.3) is 0 Å². The third kappa shape index (κ3) is 6.16. The molecule has 3 aliphatic carbocycles. The summed E-state index contributed by atoms with van der Waals surface area (Å²) >= 11 is 0. The summed E-state index contributed by atoms with van der Waals surface area (Å²) in [6.45, 7) is 6.47. The van der Waals surface area contributed by atoms with Gasteiger partial charge < -0.3 is 30.9 Å². The number of unbranched alkanes of at least 4 members (excludes halogenated alkanes) is 4. The Morgan fingerprint density at radius 1 is 1.00 bits per heavy atom. The van der Waals surface area contributed by atoms with Crippen LogP contribution in [0.25, 0.3) is 0 Å². The highest BCUT2D eigenvalue weighted by Crippen LogP contribution is 2.52. The highest BCUT2D eigenvalue weighted by atomic mass is 16.3. The van der Waals surface area contributed by atoms with Gasteiger partial charge >= 0.3 is 0 Å². The molecule has 0 aliphatic heterocycles. The number of amides is 1. The number of aliphatic hydroxyl groups excluding tert-OH is 1. The minimum Gasteiger partial charge on any atom is -0.507 e. The van der Waals surface area contributed by atoms with Crippen LogP contribution in [0.4, 0.5) is 5.69 Å². The molecule has 2 saturated carbocycles. The van der Waals surface area contributed by atoms with Crippen molar-refractivity contribution < 1.29 is 34.5 Å². The summed E-state index contributed by atoms with van der Waals surface area (Å²) < 4.78 is 0. The largest absolute Gasteiger partial charge is 0.507 e. The molecule has 1 aromatic rings. The van der Waals surface area contributed by atoms with E-state index in [4.69, 9.17) is 5.73 Å². The molecule has 0 heterocycles. The van der Waals surface area contributed by atoms with E-state index in [9.17, 15) is 34.5 Å². The quantitative estimate of drug-likeness (QED) is 0.187. The summed E-state index contributed by atoms with van der Waals surface area (Å²) in [5, 5.41) is 34.7. The molecule has 3 aliphatic rings. The van der Waals surface area contributed by atoms with Crippen molar-refractivity contribution in [3.63, 3.8) is 0 Å². The lowest BCUT2D eigenvalue weighted by molar-refractivity contribution is -0.190. The highest BCUT2D eigenvalue weighted by molar-refractivity contribution is 6.25. The Bertz CT molecular complexity index is 1300. The third-order valence-corrected chi connectivity index (χ3v) is 10.4. The molecule has 5 N–H and O–H groups in total. The molecule has 7 atom stereocenters. The van der Waals surface area contributed by atoms with E-state index >= 15 is 0 Å². The third-order valence-electron chi connectivity index (χ3n) is 10.4. The average Bonchev–Trinajstić information content (AvgIpc) is 2.95. The second-order valence-electron chi connectivity index (χ2n) is 13.8. The number of rotatable bonds is 13. The van der Waals surface area contributed by atoms with Gasteiger partial charge in [0.1, 0.15) is 11.7 Å². The lowest BCUT2D eigenvalue weighted by Gasteiger charge is -2.55. The van der Waals surface area contributed by atoms with Gasteiger partial charge in [-0.15, -0.1) is 0 Å². The molecule has 250 valence electrons. The molecule has 0 bridgehead atoms. The van der Waals surface area contributed by atoms with Gasteiger partial charge in [-0.3, -0.25) is 24.1 Å². The van der Waals surface area contributed by atoms with Crippen molar-refractivity contribution in [3.8, 4) is 5.75 Å². The van der Waals surface area contributed by atoms with Crippen molar-refractivity contribution in [2.24, 2.45) is 29.4 Å². The van der Waals surface area contributed by atoms with Crippen molar-refractivity contribution >= 4 is 28.9 Å². The van der Waals surface area contributed by atoms with Crippen LogP contribution in [-0.4, -0.2) is 107 Å². The molecule has 11 heteroatoms. The number of hydrogen-bond acceptors (Lipinski definition) is 10. The monoisotopic (exact) mass is 628 g/mol. The van der Waals surface area contributed by atoms with Crippen LogP contribution in [-0.2, 0) is 27.3 Å². The molecule has 0 aromatic heterocycles. The van der Waals surface area contributed by atoms with Crippen LogP contribution in [0.5, 0.6) is 5.75 Å². The van der Waals surface area contributed by atoms with Crippen molar-refractivity contribution in [2.45, 2.75) is 89.5 Å². The molecule has 0 spiro atoms. The number of hydrogen-bond donors (Lipinski definition) is 4. The molecule has 0 radical (unpaired) electrons. The van der Waals surface area contributed by atoms with Crippen LogP contribution >= 0.6 is 0 Å². The number of phenolic OH excluding ortho intramolecular Hbond substituents is 1. The zero-order valence-corrected chi connectivity index (χ0v) is 27.7. The minimum absolute atomic E-state index is 0.0637. The second kappa shape index (κ2) is 13.9. The number of carbonyl (C=O) groups is 4. The first-order valence-electron chi connectivity index (χ1n) is 16.5. The Kier molecular flexibility index (Phi) is 10.8. The summed E-state index contributed by atoms with van der Waals surface area (Å²) in [6.07, 6.45) is 5.26.